The first-order valence-electron chi connectivity index (χ1n) is 9.88. The number of carbonyl (C=O) groups excluding carboxylic acids is 2. The van der Waals surface area contributed by atoms with Gasteiger partial charge in [-0.05, 0) is 61.5 Å². The Hall–Kier alpha value is -3.51. The van der Waals surface area contributed by atoms with E-state index in [2.05, 4.69) is 10.1 Å². The van der Waals surface area contributed by atoms with Crippen molar-refractivity contribution in [2.75, 3.05) is 17.7 Å². The lowest BCUT2D eigenvalue weighted by Crippen LogP contribution is -2.17. The normalized spacial score (nSPS) is 11.1. The van der Waals surface area contributed by atoms with Crippen molar-refractivity contribution in [3.63, 3.8) is 0 Å². The third-order valence-corrected chi connectivity index (χ3v) is 6.24. The monoisotopic (exact) mass is 525 g/mol. The van der Waals surface area contributed by atoms with E-state index in [1.807, 2.05) is 0 Å². The molecule has 0 bridgehead atoms. The first-order valence-corrected chi connectivity index (χ1v) is 11.7. The molecule has 3 rings (SSSR count). The van der Waals surface area contributed by atoms with E-state index in [0.29, 0.717) is 10.8 Å². The maximum Gasteiger partial charge on any atom is 0.573 e. The van der Waals surface area contributed by atoms with Gasteiger partial charge in [-0.25, -0.2) is 4.79 Å². The Morgan fingerprint density at radius 1 is 1.03 bits per heavy atom. The fourth-order valence-corrected chi connectivity index (χ4v) is 4.45. The van der Waals surface area contributed by atoms with Crippen LogP contribution in [0.15, 0.2) is 59.5 Å². The molecule has 184 valence electrons. The van der Waals surface area contributed by atoms with Gasteiger partial charge in [0.25, 0.3) is 0 Å². The molecule has 3 aromatic rings. The number of thioether (sulfide) groups is 1. The maximum atomic E-state index is 12.9. The van der Waals surface area contributed by atoms with E-state index in [9.17, 15) is 27.6 Å². The lowest BCUT2D eigenvalue weighted by Gasteiger charge is -2.09. The number of ether oxygens (including phenoxy) is 2. The number of carboxylic acids is 1. The minimum atomic E-state index is -4.83. The third kappa shape index (κ3) is 8.04. The van der Waals surface area contributed by atoms with Gasteiger partial charge in [0.2, 0.25) is 5.91 Å². The van der Waals surface area contributed by atoms with Crippen molar-refractivity contribution in [1.82, 2.24) is 0 Å². The second-order valence-electron chi connectivity index (χ2n) is 6.99. The number of hydrogen-bond donors (Lipinski definition) is 2. The number of aliphatic carboxylic acids is 1. The lowest BCUT2D eigenvalue weighted by molar-refractivity contribution is -0.274. The average molecular weight is 526 g/mol. The van der Waals surface area contributed by atoms with E-state index in [4.69, 9.17) is 9.84 Å². The molecule has 1 heterocycles. The zero-order valence-corrected chi connectivity index (χ0v) is 19.7. The molecular weight excluding hydrogens is 507 g/mol. The van der Waals surface area contributed by atoms with Gasteiger partial charge in [-0.1, -0.05) is 0 Å². The van der Waals surface area contributed by atoms with Gasteiger partial charge in [0.1, 0.15) is 16.5 Å². The Balaban J connectivity index is 1.61. The highest BCUT2D eigenvalue weighted by Gasteiger charge is 2.31. The first kappa shape index (κ1) is 26.1. The number of carboxylic acid groups (broad SMARTS) is 1. The van der Waals surface area contributed by atoms with E-state index in [1.54, 1.807) is 37.3 Å². The van der Waals surface area contributed by atoms with Gasteiger partial charge >= 0.3 is 12.3 Å². The summed E-state index contributed by atoms with van der Waals surface area (Å²) in [5.41, 5.74) is 0.377. The molecule has 0 atom stereocenters. The molecule has 1 amide bonds. The van der Waals surface area contributed by atoms with Crippen molar-refractivity contribution >= 4 is 45.8 Å². The molecule has 0 aliphatic carbocycles. The van der Waals surface area contributed by atoms with Gasteiger partial charge in [-0.2, -0.15) is 0 Å². The van der Waals surface area contributed by atoms with Crippen LogP contribution in [0.25, 0.3) is 0 Å². The highest BCUT2D eigenvalue weighted by atomic mass is 32.2. The summed E-state index contributed by atoms with van der Waals surface area (Å²) in [5, 5.41) is 11.7. The quantitative estimate of drug-likeness (QED) is 0.271. The predicted molar refractivity (Wildman–Crippen MR) is 125 cm³/mol. The Morgan fingerprint density at radius 3 is 2.26 bits per heavy atom. The van der Waals surface area contributed by atoms with Crippen molar-refractivity contribution in [2.45, 2.75) is 18.2 Å². The standard InChI is InChI=1S/C23H18F3NO6S2/c1-13-10-18(21(31)14-2-4-16(5-3-14)33-23(24,25)26)22(35-13)27-19(28)12-34-17-8-6-15(7-9-17)32-11-20(29)30/h2-10H,11-12H2,1H3,(H,27,28)(H,29,30). The summed E-state index contributed by atoms with van der Waals surface area (Å²) in [7, 11) is 0. The molecule has 35 heavy (non-hydrogen) atoms. The van der Waals surface area contributed by atoms with Gasteiger partial charge in [-0.3, -0.25) is 9.59 Å². The number of amides is 1. The highest BCUT2D eigenvalue weighted by Crippen LogP contribution is 2.31. The van der Waals surface area contributed by atoms with Crippen LogP contribution in [0.1, 0.15) is 20.8 Å². The maximum absolute atomic E-state index is 12.9. The Labute approximate surface area is 205 Å². The summed E-state index contributed by atoms with van der Waals surface area (Å²) in [4.78, 5) is 37.4. The van der Waals surface area contributed by atoms with Gasteiger partial charge in [-0.15, -0.1) is 36.3 Å². The largest absolute Gasteiger partial charge is 0.573 e. The van der Waals surface area contributed by atoms with Crippen molar-refractivity contribution in [1.29, 1.82) is 0 Å². The fourth-order valence-electron chi connectivity index (χ4n) is 2.83. The molecule has 1 aromatic heterocycles. The van der Waals surface area contributed by atoms with Crippen molar-refractivity contribution in [2.24, 2.45) is 0 Å². The van der Waals surface area contributed by atoms with E-state index in [0.717, 1.165) is 21.9 Å². The van der Waals surface area contributed by atoms with Gasteiger partial charge in [0.15, 0.2) is 12.4 Å². The van der Waals surface area contributed by atoms with Crippen LogP contribution in [0.2, 0.25) is 0 Å². The minimum Gasteiger partial charge on any atom is -0.482 e. The molecular formula is C23H18F3NO6S2. The molecule has 7 nitrogen and oxygen atoms in total. The summed E-state index contributed by atoms with van der Waals surface area (Å²) in [6, 6.07) is 12.7. The van der Waals surface area contributed by atoms with E-state index in [-0.39, 0.29) is 22.8 Å². The number of carbonyl (C=O) groups is 3. The third-order valence-electron chi connectivity index (χ3n) is 4.26. The number of benzene rings is 2. The molecule has 0 spiro atoms. The molecule has 0 saturated carbocycles. The van der Waals surface area contributed by atoms with Crippen LogP contribution in [-0.4, -0.2) is 41.5 Å². The second-order valence-corrected chi connectivity index (χ2v) is 9.30. The zero-order chi connectivity index (χ0) is 25.6. The predicted octanol–water partition coefficient (Wildman–Crippen LogP) is 5.38. The van der Waals surface area contributed by atoms with Crippen LogP contribution in [0.4, 0.5) is 18.2 Å². The smallest absolute Gasteiger partial charge is 0.482 e. The average Bonchev–Trinajstić information content (AvgIpc) is 3.15. The molecule has 0 saturated heterocycles. The molecule has 0 aliphatic rings. The number of rotatable bonds is 10. The Morgan fingerprint density at radius 2 is 1.66 bits per heavy atom. The number of nitrogens with one attached hydrogen (secondary N) is 1. The van der Waals surface area contributed by atoms with Crippen LogP contribution in [-0.2, 0) is 9.59 Å². The molecule has 0 fully saturated rings. The van der Waals surface area contributed by atoms with E-state index >= 15 is 0 Å². The topological polar surface area (TPSA) is 102 Å². The van der Waals surface area contributed by atoms with Gasteiger partial charge in [0, 0.05) is 15.3 Å². The number of aryl methyl sites for hydroxylation is 1. The summed E-state index contributed by atoms with van der Waals surface area (Å²) >= 11 is 2.44. The van der Waals surface area contributed by atoms with E-state index < -0.39 is 30.5 Å². The zero-order valence-electron chi connectivity index (χ0n) is 18.0. The van der Waals surface area contributed by atoms with Crippen LogP contribution in [0.5, 0.6) is 11.5 Å². The highest BCUT2D eigenvalue weighted by molar-refractivity contribution is 8.00. The van der Waals surface area contributed by atoms with Crippen LogP contribution < -0.4 is 14.8 Å². The molecule has 2 N–H and O–H groups in total. The van der Waals surface area contributed by atoms with Gasteiger partial charge in [0.05, 0.1) is 11.3 Å². The van der Waals surface area contributed by atoms with Gasteiger partial charge < -0.3 is 19.9 Å². The van der Waals surface area contributed by atoms with Crippen molar-refractivity contribution in [3.05, 3.63) is 70.6 Å². The van der Waals surface area contributed by atoms with Crippen LogP contribution in [0.3, 0.4) is 0 Å². The molecule has 12 heteroatoms. The SMILES string of the molecule is Cc1cc(C(=O)c2ccc(OC(F)(F)F)cc2)c(NC(=O)CSc2ccc(OCC(=O)O)cc2)s1. The molecule has 0 aliphatic heterocycles. The Bertz CT molecular complexity index is 1210. The summed E-state index contributed by atoms with van der Waals surface area (Å²) < 4.78 is 45.9. The summed E-state index contributed by atoms with van der Waals surface area (Å²) in [6.07, 6.45) is -4.83. The fraction of sp³-hybridized carbons (Fsp3) is 0.174. The number of thiophene rings is 1. The number of hydrogen-bond acceptors (Lipinski definition) is 7. The number of halogens is 3. The van der Waals surface area contributed by atoms with Crippen LogP contribution >= 0.6 is 23.1 Å². The number of anilines is 1. The van der Waals surface area contributed by atoms with Crippen molar-refractivity contribution in [3.8, 4) is 11.5 Å². The molecule has 0 radical (unpaired) electrons. The minimum absolute atomic E-state index is 0.0450. The van der Waals surface area contributed by atoms with E-state index in [1.165, 1.54) is 35.2 Å². The van der Waals surface area contributed by atoms with Crippen LogP contribution in [0, 0.1) is 6.92 Å². The Kier molecular flexibility index (Phi) is 8.41. The molecule has 2 aromatic carbocycles. The number of alkyl halides is 3. The number of ketones is 1. The lowest BCUT2D eigenvalue weighted by atomic mass is 10.0. The first-order chi connectivity index (χ1) is 16.5. The second kappa shape index (κ2) is 11.3. The summed E-state index contributed by atoms with van der Waals surface area (Å²) in [5.74, 6) is -1.91. The molecule has 0 unspecified atom stereocenters. The summed E-state index contributed by atoms with van der Waals surface area (Å²) in [6.45, 7) is 1.31. The van der Waals surface area contributed by atoms with Crippen molar-refractivity contribution < 1.29 is 42.1 Å².